The van der Waals surface area contributed by atoms with E-state index in [0.29, 0.717) is 17.1 Å². The van der Waals surface area contributed by atoms with E-state index in [-0.39, 0.29) is 11.9 Å². The van der Waals surface area contributed by atoms with Gasteiger partial charge in [-0.25, -0.2) is 4.39 Å². The van der Waals surface area contributed by atoms with Crippen LogP contribution in [-0.4, -0.2) is 11.6 Å². The predicted molar refractivity (Wildman–Crippen MR) is 72.4 cm³/mol. The van der Waals surface area contributed by atoms with Crippen LogP contribution >= 0.6 is 11.6 Å². The van der Waals surface area contributed by atoms with Gasteiger partial charge in [0.2, 0.25) is 0 Å². The Labute approximate surface area is 111 Å². The van der Waals surface area contributed by atoms with Crippen LogP contribution in [-0.2, 0) is 6.54 Å². The quantitative estimate of drug-likeness (QED) is 0.895. The van der Waals surface area contributed by atoms with Crippen molar-refractivity contribution >= 4 is 11.6 Å². The molecule has 4 heteroatoms. The first-order chi connectivity index (χ1) is 8.61. The van der Waals surface area contributed by atoms with Crippen molar-refractivity contribution in [2.75, 3.05) is 7.05 Å². The van der Waals surface area contributed by atoms with E-state index in [1.165, 1.54) is 6.07 Å². The van der Waals surface area contributed by atoms with Gasteiger partial charge in [0.15, 0.2) is 0 Å². The third-order valence-electron chi connectivity index (χ3n) is 3.10. The highest BCUT2D eigenvalue weighted by atomic mass is 35.5. The van der Waals surface area contributed by atoms with Crippen molar-refractivity contribution in [2.45, 2.75) is 19.5 Å². The molecule has 1 aromatic heterocycles. The zero-order valence-corrected chi connectivity index (χ0v) is 11.2. The van der Waals surface area contributed by atoms with Crippen LogP contribution in [0.3, 0.4) is 0 Å². The second-order valence-corrected chi connectivity index (χ2v) is 4.74. The van der Waals surface area contributed by atoms with E-state index in [0.717, 1.165) is 5.69 Å². The Morgan fingerprint density at radius 3 is 2.83 bits per heavy atom. The fourth-order valence-electron chi connectivity index (χ4n) is 1.95. The number of hydrogen-bond acceptors (Lipinski definition) is 1. The summed E-state index contributed by atoms with van der Waals surface area (Å²) in [5, 5.41) is 3.61. The van der Waals surface area contributed by atoms with Crippen LogP contribution in [0.15, 0.2) is 36.5 Å². The maximum atomic E-state index is 13.7. The molecule has 0 bridgehead atoms. The summed E-state index contributed by atoms with van der Waals surface area (Å²) in [6.07, 6.45) is 1.96. The molecule has 0 aliphatic rings. The molecule has 2 aromatic rings. The predicted octanol–water partition coefficient (Wildman–Crippen LogP) is 3.61. The van der Waals surface area contributed by atoms with Crippen molar-refractivity contribution in [3.05, 3.63) is 58.6 Å². The van der Waals surface area contributed by atoms with Gasteiger partial charge >= 0.3 is 0 Å². The molecular formula is C14H16ClFN2. The molecule has 0 aliphatic carbocycles. The minimum absolute atomic E-state index is 0.232. The smallest absolute Gasteiger partial charge is 0.129 e. The van der Waals surface area contributed by atoms with E-state index < -0.39 is 0 Å². The van der Waals surface area contributed by atoms with Crippen molar-refractivity contribution in [3.8, 4) is 0 Å². The molecule has 0 radical (unpaired) electrons. The number of rotatable bonds is 4. The van der Waals surface area contributed by atoms with Crippen molar-refractivity contribution < 1.29 is 4.39 Å². The topological polar surface area (TPSA) is 17.0 Å². The number of nitrogens with one attached hydrogen (secondary N) is 1. The van der Waals surface area contributed by atoms with Gasteiger partial charge in [-0.15, -0.1) is 0 Å². The molecule has 0 aliphatic heterocycles. The second-order valence-electron chi connectivity index (χ2n) is 4.31. The first-order valence-corrected chi connectivity index (χ1v) is 6.26. The number of hydrogen-bond donors (Lipinski definition) is 1. The minimum Gasteiger partial charge on any atom is -0.345 e. The lowest BCUT2D eigenvalue weighted by Gasteiger charge is -2.15. The summed E-state index contributed by atoms with van der Waals surface area (Å²) >= 11 is 5.75. The Morgan fingerprint density at radius 1 is 1.39 bits per heavy atom. The molecule has 18 heavy (non-hydrogen) atoms. The maximum absolute atomic E-state index is 13.7. The fraction of sp³-hybridized carbons (Fsp3) is 0.286. The van der Waals surface area contributed by atoms with E-state index in [1.54, 1.807) is 12.1 Å². The largest absolute Gasteiger partial charge is 0.345 e. The SMILES string of the molecule is CNC(C)c1cccn1Cc1ccc(Cl)cc1F. The first kappa shape index (κ1) is 13.1. The van der Waals surface area contributed by atoms with Gasteiger partial charge in [-0.1, -0.05) is 17.7 Å². The first-order valence-electron chi connectivity index (χ1n) is 5.88. The second kappa shape index (κ2) is 5.55. The van der Waals surface area contributed by atoms with Crippen LogP contribution in [0.25, 0.3) is 0 Å². The summed E-state index contributed by atoms with van der Waals surface area (Å²) in [5.41, 5.74) is 1.77. The standard InChI is InChI=1S/C14H16ClFN2/c1-10(17-2)14-4-3-7-18(14)9-11-5-6-12(15)8-13(11)16/h3-8,10,17H,9H2,1-2H3. The molecule has 1 atom stereocenters. The summed E-state index contributed by atoms with van der Waals surface area (Å²) in [5.74, 6) is -0.265. The normalized spacial score (nSPS) is 12.7. The molecule has 0 saturated carbocycles. The van der Waals surface area contributed by atoms with Crippen molar-refractivity contribution in [1.82, 2.24) is 9.88 Å². The lowest BCUT2D eigenvalue weighted by molar-refractivity contribution is 0.567. The molecular weight excluding hydrogens is 251 g/mol. The summed E-state index contributed by atoms with van der Waals surface area (Å²) in [6.45, 7) is 2.58. The lowest BCUT2D eigenvalue weighted by Crippen LogP contribution is -2.17. The Morgan fingerprint density at radius 2 is 2.17 bits per heavy atom. The highest BCUT2D eigenvalue weighted by molar-refractivity contribution is 6.30. The third-order valence-corrected chi connectivity index (χ3v) is 3.33. The minimum atomic E-state index is -0.265. The van der Waals surface area contributed by atoms with Gasteiger partial charge in [0, 0.05) is 28.5 Å². The molecule has 0 amide bonds. The van der Waals surface area contributed by atoms with Crippen LogP contribution in [0, 0.1) is 5.82 Å². The van der Waals surface area contributed by atoms with Gasteiger partial charge in [-0.05, 0) is 38.2 Å². The van der Waals surface area contributed by atoms with Crippen molar-refractivity contribution in [2.24, 2.45) is 0 Å². The zero-order chi connectivity index (χ0) is 13.1. The molecule has 0 spiro atoms. The Balaban J connectivity index is 2.26. The van der Waals surface area contributed by atoms with Gasteiger partial charge in [0.1, 0.15) is 5.82 Å². The molecule has 2 rings (SSSR count). The Bertz CT molecular complexity index is 536. The Hall–Kier alpha value is -1.32. The number of aromatic nitrogens is 1. The summed E-state index contributed by atoms with van der Waals surface area (Å²) in [6, 6.07) is 9.03. The van der Waals surface area contributed by atoms with Crippen molar-refractivity contribution in [1.29, 1.82) is 0 Å². The van der Waals surface area contributed by atoms with E-state index in [1.807, 2.05) is 29.9 Å². The molecule has 1 heterocycles. The summed E-state index contributed by atoms with van der Waals surface area (Å²) in [7, 11) is 1.91. The fourth-order valence-corrected chi connectivity index (χ4v) is 2.10. The highest BCUT2D eigenvalue weighted by Crippen LogP contribution is 2.19. The number of nitrogens with zero attached hydrogens (tertiary/aromatic N) is 1. The molecule has 1 N–H and O–H groups in total. The summed E-state index contributed by atoms with van der Waals surface area (Å²) < 4.78 is 15.8. The van der Waals surface area contributed by atoms with Crippen LogP contribution in [0.5, 0.6) is 0 Å². The van der Waals surface area contributed by atoms with E-state index >= 15 is 0 Å². The summed E-state index contributed by atoms with van der Waals surface area (Å²) in [4.78, 5) is 0. The van der Waals surface area contributed by atoms with Crippen LogP contribution in [0.1, 0.15) is 24.2 Å². The molecule has 1 aromatic carbocycles. The van der Waals surface area contributed by atoms with E-state index in [2.05, 4.69) is 12.2 Å². The molecule has 1 unspecified atom stereocenters. The molecule has 2 nitrogen and oxygen atoms in total. The molecule has 0 fully saturated rings. The Kier molecular flexibility index (Phi) is 4.04. The average molecular weight is 267 g/mol. The molecule has 0 saturated heterocycles. The number of benzene rings is 1. The lowest BCUT2D eigenvalue weighted by atomic mass is 10.2. The van der Waals surface area contributed by atoms with Gasteiger partial charge < -0.3 is 9.88 Å². The highest BCUT2D eigenvalue weighted by Gasteiger charge is 2.10. The maximum Gasteiger partial charge on any atom is 0.129 e. The third kappa shape index (κ3) is 2.74. The van der Waals surface area contributed by atoms with Gasteiger partial charge in [-0.3, -0.25) is 0 Å². The van der Waals surface area contributed by atoms with Crippen molar-refractivity contribution in [3.63, 3.8) is 0 Å². The number of halogens is 2. The van der Waals surface area contributed by atoms with E-state index in [4.69, 9.17) is 11.6 Å². The van der Waals surface area contributed by atoms with Crippen LogP contribution in [0.2, 0.25) is 5.02 Å². The monoisotopic (exact) mass is 266 g/mol. The van der Waals surface area contributed by atoms with Crippen LogP contribution < -0.4 is 5.32 Å². The molecule has 96 valence electrons. The van der Waals surface area contributed by atoms with Gasteiger partial charge in [0.05, 0.1) is 6.54 Å². The van der Waals surface area contributed by atoms with Gasteiger partial charge in [-0.2, -0.15) is 0 Å². The van der Waals surface area contributed by atoms with Crippen LogP contribution in [0.4, 0.5) is 4.39 Å². The zero-order valence-electron chi connectivity index (χ0n) is 10.5. The van der Waals surface area contributed by atoms with Gasteiger partial charge in [0.25, 0.3) is 0 Å². The average Bonchev–Trinajstić information content (AvgIpc) is 2.80. The van der Waals surface area contributed by atoms with E-state index in [9.17, 15) is 4.39 Å².